The van der Waals surface area contributed by atoms with Gasteiger partial charge in [-0.05, 0) is 19.8 Å². The molecule has 92 valence electrons. The third kappa shape index (κ3) is 2.75. The van der Waals surface area contributed by atoms with Crippen LogP contribution in [0.15, 0.2) is 0 Å². The molecule has 3 nitrogen and oxygen atoms in total. The van der Waals surface area contributed by atoms with E-state index in [1.807, 2.05) is 13.8 Å². The highest BCUT2D eigenvalue weighted by atomic mass is 16.5. The van der Waals surface area contributed by atoms with E-state index in [1.165, 1.54) is 0 Å². The van der Waals surface area contributed by atoms with Gasteiger partial charge < -0.3 is 9.84 Å². The molecule has 0 aromatic carbocycles. The van der Waals surface area contributed by atoms with Crippen LogP contribution in [0.5, 0.6) is 0 Å². The molecule has 1 rings (SSSR count). The lowest BCUT2D eigenvalue weighted by Crippen LogP contribution is -2.51. The average molecular weight is 225 g/mol. The van der Waals surface area contributed by atoms with Gasteiger partial charge in [-0.15, -0.1) is 0 Å². The number of ether oxygens (including phenoxy) is 1. The Labute approximate surface area is 98.4 Å². The van der Waals surface area contributed by atoms with Gasteiger partial charge in [0.05, 0.1) is 29.8 Å². The van der Waals surface area contributed by atoms with E-state index in [9.17, 15) is 5.11 Å². The Morgan fingerprint density at radius 2 is 2.19 bits per heavy atom. The molecule has 0 bridgehead atoms. The maximum Gasteiger partial charge on any atom is 0.0854 e. The molecule has 16 heavy (non-hydrogen) atoms. The van der Waals surface area contributed by atoms with E-state index in [2.05, 4.69) is 13.0 Å². The fourth-order valence-corrected chi connectivity index (χ4v) is 2.53. The average Bonchev–Trinajstić information content (AvgIpc) is 2.25. The van der Waals surface area contributed by atoms with Gasteiger partial charge in [-0.2, -0.15) is 5.26 Å². The summed E-state index contributed by atoms with van der Waals surface area (Å²) in [5.41, 5.74) is -1.12. The maximum absolute atomic E-state index is 10.6. The van der Waals surface area contributed by atoms with Gasteiger partial charge >= 0.3 is 0 Å². The fraction of sp³-hybridized carbons (Fsp3) is 0.923. The molecule has 0 radical (unpaired) electrons. The molecule has 1 saturated heterocycles. The van der Waals surface area contributed by atoms with Crippen LogP contribution in [0, 0.1) is 17.2 Å². The van der Waals surface area contributed by atoms with Gasteiger partial charge in [0.25, 0.3) is 0 Å². The highest BCUT2D eigenvalue weighted by Gasteiger charge is 2.45. The Kier molecular flexibility index (Phi) is 4.35. The molecule has 3 atom stereocenters. The minimum absolute atomic E-state index is 0.257. The lowest BCUT2D eigenvalue weighted by molar-refractivity contribution is -0.167. The summed E-state index contributed by atoms with van der Waals surface area (Å²) in [6.07, 6.45) is 3.74. The summed E-state index contributed by atoms with van der Waals surface area (Å²) < 4.78 is 5.71. The molecule has 1 aliphatic rings. The summed E-state index contributed by atoms with van der Waals surface area (Å²) in [5, 5.41) is 19.8. The van der Waals surface area contributed by atoms with Crippen molar-refractivity contribution in [2.24, 2.45) is 5.92 Å². The standard InChI is InChI=1S/C13H23NO2/c1-4-6-11(9-14)13(15)7-8-16-12(3,5-2)10-13/h11,15H,4-8,10H2,1-3H3. The highest BCUT2D eigenvalue weighted by Crippen LogP contribution is 2.40. The van der Waals surface area contributed by atoms with Crippen molar-refractivity contribution < 1.29 is 9.84 Å². The van der Waals surface area contributed by atoms with Crippen molar-refractivity contribution >= 4 is 0 Å². The molecule has 3 unspecified atom stereocenters. The summed E-state index contributed by atoms with van der Waals surface area (Å²) in [4.78, 5) is 0. The SMILES string of the molecule is CCCC(C#N)C1(O)CCOC(C)(CC)C1. The van der Waals surface area contributed by atoms with E-state index in [-0.39, 0.29) is 11.5 Å². The zero-order valence-corrected chi connectivity index (χ0v) is 10.6. The Morgan fingerprint density at radius 3 is 2.69 bits per heavy atom. The van der Waals surface area contributed by atoms with Crippen LogP contribution in [0.25, 0.3) is 0 Å². The number of nitriles is 1. The van der Waals surface area contributed by atoms with Crippen LogP contribution in [0.3, 0.4) is 0 Å². The zero-order chi connectivity index (χ0) is 12.2. The molecule has 1 N–H and O–H groups in total. The molecular weight excluding hydrogens is 202 g/mol. The van der Waals surface area contributed by atoms with Crippen molar-refractivity contribution in [3.05, 3.63) is 0 Å². The minimum atomic E-state index is -0.853. The Bertz CT molecular complexity index is 274. The van der Waals surface area contributed by atoms with Crippen LogP contribution >= 0.6 is 0 Å². The lowest BCUT2D eigenvalue weighted by Gasteiger charge is -2.45. The predicted molar refractivity (Wildman–Crippen MR) is 62.8 cm³/mol. The van der Waals surface area contributed by atoms with Crippen molar-refractivity contribution in [3.8, 4) is 6.07 Å². The summed E-state index contributed by atoms with van der Waals surface area (Å²) in [5.74, 6) is -0.257. The topological polar surface area (TPSA) is 53.2 Å². The molecule has 0 saturated carbocycles. The van der Waals surface area contributed by atoms with Gasteiger partial charge in [0, 0.05) is 12.8 Å². The second-order valence-corrected chi connectivity index (χ2v) is 5.15. The number of rotatable bonds is 4. The van der Waals surface area contributed by atoms with Crippen LogP contribution in [-0.2, 0) is 4.74 Å². The van der Waals surface area contributed by atoms with Crippen molar-refractivity contribution in [3.63, 3.8) is 0 Å². The van der Waals surface area contributed by atoms with Gasteiger partial charge in [0.1, 0.15) is 0 Å². The van der Waals surface area contributed by atoms with E-state index < -0.39 is 5.60 Å². The Hall–Kier alpha value is -0.590. The van der Waals surface area contributed by atoms with E-state index in [1.54, 1.807) is 0 Å². The number of aliphatic hydroxyl groups is 1. The maximum atomic E-state index is 10.6. The van der Waals surface area contributed by atoms with Gasteiger partial charge in [0.2, 0.25) is 0 Å². The smallest absolute Gasteiger partial charge is 0.0854 e. The summed E-state index contributed by atoms with van der Waals surface area (Å²) in [6, 6.07) is 2.27. The first-order chi connectivity index (χ1) is 7.49. The third-order valence-electron chi connectivity index (χ3n) is 3.80. The summed E-state index contributed by atoms with van der Waals surface area (Å²) >= 11 is 0. The molecule has 0 aliphatic carbocycles. The number of hydrogen-bond donors (Lipinski definition) is 1. The van der Waals surface area contributed by atoms with Crippen molar-refractivity contribution in [1.82, 2.24) is 0 Å². The normalized spacial score (nSPS) is 36.7. The monoisotopic (exact) mass is 225 g/mol. The van der Waals surface area contributed by atoms with E-state index >= 15 is 0 Å². The molecular formula is C13H23NO2. The summed E-state index contributed by atoms with van der Waals surface area (Å²) in [7, 11) is 0. The molecule has 0 spiro atoms. The second-order valence-electron chi connectivity index (χ2n) is 5.15. The molecule has 0 amide bonds. The van der Waals surface area contributed by atoms with E-state index in [4.69, 9.17) is 10.00 Å². The van der Waals surface area contributed by atoms with Crippen LogP contribution in [0.4, 0.5) is 0 Å². The van der Waals surface area contributed by atoms with E-state index in [0.717, 1.165) is 19.3 Å². The van der Waals surface area contributed by atoms with Crippen molar-refractivity contribution in [2.45, 2.75) is 64.1 Å². The van der Waals surface area contributed by atoms with Gasteiger partial charge in [0.15, 0.2) is 0 Å². The molecule has 1 heterocycles. The molecule has 1 fully saturated rings. The zero-order valence-electron chi connectivity index (χ0n) is 10.6. The van der Waals surface area contributed by atoms with Crippen molar-refractivity contribution in [1.29, 1.82) is 5.26 Å². The molecule has 1 aliphatic heterocycles. The largest absolute Gasteiger partial charge is 0.388 e. The predicted octanol–water partition coefficient (Wildman–Crippen LogP) is 2.64. The second kappa shape index (κ2) is 5.16. The van der Waals surface area contributed by atoms with Gasteiger partial charge in [-0.3, -0.25) is 0 Å². The first kappa shape index (κ1) is 13.5. The quantitative estimate of drug-likeness (QED) is 0.800. The molecule has 0 aromatic heterocycles. The molecule has 3 heteroatoms. The first-order valence-electron chi connectivity index (χ1n) is 6.25. The fourth-order valence-electron chi connectivity index (χ4n) is 2.53. The van der Waals surface area contributed by atoms with Crippen molar-refractivity contribution in [2.75, 3.05) is 6.61 Å². The highest BCUT2D eigenvalue weighted by molar-refractivity contribution is 5.03. The van der Waals surface area contributed by atoms with Crippen LogP contribution in [0.2, 0.25) is 0 Å². The number of nitrogens with zero attached hydrogens (tertiary/aromatic N) is 1. The lowest BCUT2D eigenvalue weighted by atomic mass is 9.73. The van der Waals surface area contributed by atoms with E-state index in [0.29, 0.717) is 19.4 Å². The van der Waals surface area contributed by atoms with Gasteiger partial charge in [-0.1, -0.05) is 20.3 Å². The Morgan fingerprint density at radius 1 is 1.50 bits per heavy atom. The first-order valence-corrected chi connectivity index (χ1v) is 6.25. The van der Waals surface area contributed by atoms with Gasteiger partial charge in [-0.25, -0.2) is 0 Å². The third-order valence-corrected chi connectivity index (χ3v) is 3.80. The Balaban J connectivity index is 2.79. The molecule has 0 aromatic rings. The van der Waals surface area contributed by atoms with Crippen LogP contribution < -0.4 is 0 Å². The van der Waals surface area contributed by atoms with Crippen LogP contribution in [0.1, 0.15) is 52.9 Å². The number of hydrogen-bond acceptors (Lipinski definition) is 3. The summed E-state index contributed by atoms with van der Waals surface area (Å²) in [6.45, 7) is 6.69. The minimum Gasteiger partial charge on any atom is -0.388 e. The van der Waals surface area contributed by atoms with Crippen LogP contribution in [-0.4, -0.2) is 22.9 Å².